The van der Waals surface area contributed by atoms with Gasteiger partial charge in [-0.1, -0.05) is 22.6 Å². The first-order chi connectivity index (χ1) is 7.43. The van der Waals surface area contributed by atoms with Crippen molar-refractivity contribution in [3.05, 3.63) is 28.3 Å². The molecule has 82 valence electrons. The van der Waals surface area contributed by atoms with Crippen molar-refractivity contribution in [3.8, 4) is 0 Å². The van der Waals surface area contributed by atoms with Crippen molar-refractivity contribution in [1.82, 2.24) is 0 Å². The molecule has 0 aliphatic heterocycles. The maximum atomic E-state index is 9.77. The first kappa shape index (κ1) is 11.5. The Hall–Kier alpha value is -0.950. The molecule has 0 amide bonds. The van der Waals surface area contributed by atoms with E-state index in [0.29, 0.717) is 0 Å². The molecule has 3 heteroatoms. The van der Waals surface area contributed by atoms with Crippen molar-refractivity contribution < 1.29 is 5.11 Å². The standard InChI is InChI=1S/C13H18B2O/c1-6-4-10-7(2)9(8(3)16)5-11(10)13(15)12(6)14/h4,8,16H,5,14-15H2,1-3H3. The molecule has 2 rings (SSSR count). The van der Waals surface area contributed by atoms with Gasteiger partial charge in [-0.15, -0.1) is 0 Å². The second-order valence-corrected chi connectivity index (χ2v) is 4.97. The van der Waals surface area contributed by atoms with Crippen LogP contribution in [0.5, 0.6) is 0 Å². The molecular weight excluding hydrogens is 194 g/mol. The number of aryl methyl sites for hydroxylation is 1. The molecule has 0 heterocycles. The molecule has 1 aromatic carbocycles. The van der Waals surface area contributed by atoms with Gasteiger partial charge in [-0.05, 0) is 49.5 Å². The summed E-state index contributed by atoms with van der Waals surface area (Å²) < 4.78 is 0. The van der Waals surface area contributed by atoms with Crippen LogP contribution in [0.15, 0.2) is 11.6 Å². The Morgan fingerprint density at radius 1 is 1.25 bits per heavy atom. The largest absolute Gasteiger partial charge is 0.389 e. The van der Waals surface area contributed by atoms with Gasteiger partial charge < -0.3 is 5.11 Å². The highest BCUT2D eigenvalue weighted by Gasteiger charge is 2.23. The van der Waals surface area contributed by atoms with E-state index < -0.39 is 0 Å². The highest BCUT2D eigenvalue weighted by atomic mass is 16.3. The van der Waals surface area contributed by atoms with Crippen LogP contribution in [0, 0.1) is 6.92 Å². The van der Waals surface area contributed by atoms with Crippen LogP contribution in [0.1, 0.15) is 30.5 Å². The first-order valence-corrected chi connectivity index (χ1v) is 5.91. The topological polar surface area (TPSA) is 20.2 Å². The van der Waals surface area contributed by atoms with Gasteiger partial charge in [0.05, 0.1) is 6.10 Å². The maximum Gasteiger partial charge on any atom is 0.138 e. The van der Waals surface area contributed by atoms with Crippen LogP contribution < -0.4 is 10.9 Å². The lowest BCUT2D eigenvalue weighted by Crippen LogP contribution is -2.32. The van der Waals surface area contributed by atoms with Gasteiger partial charge in [0.15, 0.2) is 0 Å². The van der Waals surface area contributed by atoms with Gasteiger partial charge in [-0.25, -0.2) is 0 Å². The Morgan fingerprint density at radius 2 is 1.88 bits per heavy atom. The van der Waals surface area contributed by atoms with Gasteiger partial charge >= 0.3 is 0 Å². The van der Waals surface area contributed by atoms with E-state index in [2.05, 4.69) is 35.6 Å². The third-order valence-corrected chi connectivity index (χ3v) is 4.05. The number of allylic oxidation sites excluding steroid dienone is 1. The minimum atomic E-state index is -0.326. The second kappa shape index (κ2) is 3.81. The lowest BCUT2D eigenvalue weighted by atomic mass is 9.73. The van der Waals surface area contributed by atoms with Gasteiger partial charge in [0.25, 0.3) is 0 Å². The molecule has 0 radical (unpaired) electrons. The zero-order valence-electron chi connectivity index (χ0n) is 10.8. The summed E-state index contributed by atoms with van der Waals surface area (Å²) in [6, 6.07) is 2.27. The zero-order valence-corrected chi connectivity index (χ0v) is 10.8. The Bertz CT molecular complexity index is 487. The number of benzene rings is 1. The number of rotatable bonds is 1. The van der Waals surface area contributed by atoms with E-state index in [1.807, 2.05) is 6.92 Å². The molecule has 0 bridgehead atoms. The number of aliphatic hydroxyl groups excluding tert-OH is 1. The molecule has 16 heavy (non-hydrogen) atoms. The number of hydrogen-bond acceptors (Lipinski definition) is 1. The van der Waals surface area contributed by atoms with Crippen molar-refractivity contribution in [2.24, 2.45) is 0 Å². The molecule has 1 nitrogen and oxygen atoms in total. The van der Waals surface area contributed by atoms with Crippen LogP contribution in [0.2, 0.25) is 0 Å². The summed E-state index contributed by atoms with van der Waals surface area (Å²) in [5, 5.41) is 9.77. The van der Waals surface area contributed by atoms with E-state index in [1.165, 1.54) is 38.8 Å². The fourth-order valence-corrected chi connectivity index (χ4v) is 2.66. The lowest BCUT2D eigenvalue weighted by Gasteiger charge is -2.12. The number of hydrogen-bond donors (Lipinski definition) is 1. The molecule has 1 aromatic rings. The molecule has 1 aliphatic rings. The third-order valence-electron chi connectivity index (χ3n) is 4.05. The molecule has 0 spiro atoms. The first-order valence-electron chi connectivity index (χ1n) is 5.91. The van der Waals surface area contributed by atoms with Gasteiger partial charge in [0.2, 0.25) is 0 Å². The van der Waals surface area contributed by atoms with Crippen molar-refractivity contribution in [1.29, 1.82) is 0 Å². The quantitative estimate of drug-likeness (QED) is 0.605. The Labute approximate surface area is 99.4 Å². The van der Waals surface area contributed by atoms with Crippen molar-refractivity contribution in [2.75, 3.05) is 0 Å². The van der Waals surface area contributed by atoms with Gasteiger partial charge in [0.1, 0.15) is 15.7 Å². The summed E-state index contributed by atoms with van der Waals surface area (Å²) in [5.41, 5.74) is 9.35. The van der Waals surface area contributed by atoms with E-state index in [-0.39, 0.29) is 6.10 Å². The third kappa shape index (κ3) is 1.54. The van der Waals surface area contributed by atoms with E-state index >= 15 is 0 Å². The highest BCUT2D eigenvalue weighted by molar-refractivity contribution is 6.50. The normalized spacial score (nSPS) is 16.5. The zero-order chi connectivity index (χ0) is 12.0. The van der Waals surface area contributed by atoms with E-state index in [0.717, 1.165) is 6.42 Å². The SMILES string of the molecule is Bc1c(C)cc2c(c1B)CC(C(C)O)=C2C. The molecule has 0 fully saturated rings. The van der Waals surface area contributed by atoms with E-state index in [9.17, 15) is 5.11 Å². The average molecular weight is 212 g/mol. The molecule has 1 N–H and O–H groups in total. The fraction of sp³-hybridized carbons (Fsp3) is 0.385. The summed E-state index contributed by atoms with van der Waals surface area (Å²) in [4.78, 5) is 0. The van der Waals surface area contributed by atoms with Crippen LogP contribution in [-0.2, 0) is 6.42 Å². The molecule has 1 aliphatic carbocycles. The van der Waals surface area contributed by atoms with Crippen molar-refractivity contribution >= 4 is 32.2 Å². The summed E-state index contributed by atoms with van der Waals surface area (Å²) in [6.07, 6.45) is 0.596. The van der Waals surface area contributed by atoms with Crippen LogP contribution in [0.4, 0.5) is 0 Å². The van der Waals surface area contributed by atoms with Crippen LogP contribution >= 0.6 is 0 Å². The molecular formula is C13H18B2O. The summed E-state index contributed by atoms with van der Waals surface area (Å²) >= 11 is 0. The monoisotopic (exact) mass is 212 g/mol. The number of fused-ring (bicyclic) bond motifs is 1. The van der Waals surface area contributed by atoms with Gasteiger partial charge in [-0.2, -0.15) is 0 Å². The maximum absolute atomic E-state index is 9.77. The average Bonchev–Trinajstić information content (AvgIpc) is 2.54. The summed E-state index contributed by atoms with van der Waals surface area (Å²) in [6.45, 7) is 6.15. The predicted octanol–water partition coefficient (Wildman–Crippen LogP) is -0.778. The molecule has 0 saturated heterocycles. The molecule has 0 saturated carbocycles. The Kier molecular flexibility index (Phi) is 2.75. The molecule has 1 unspecified atom stereocenters. The minimum Gasteiger partial charge on any atom is -0.389 e. The van der Waals surface area contributed by atoms with Gasteiger partial charge in [0, 0.05) is 0 Å². The summed E-state index contributed by atoms with van der Waals surface area (Å²) in [5.74, 6) is 0. The fourth-order valence-electron chi connectivity index (χ4n) is 2.66. The second-order valence-electron chi connectivity index (χ2n) is 4.97. The van der Waals surface area contributed by atoms with Crippen molar-refractivity contribution in [3.63, 3.8) is 0 Å². The Morgan fingerprint density at radius 3 is 2.44 bits per heavy atom. The lowest BCUT2D eigenvalue weighted by molar-refractivity contribution is 0.230. The van der Waals surface area contributed by atoms with Crippen LogP contribution in [0.3, 0.4) is 0 Å². The minimum absolute atomic E-state index is 0.326. The highest BCUT2D eigenvalue weighted by Crippen LogP contribution is 2.33. The van der Waals surface area contributed by atoms with Crippen LogP contribution in [-0.4, -0.2) is 26.9 Å². The predicted molar refractivity (Wildman–Crippen MR) is 75.5 cm³/mol. The smallest absolute Gasteiger partial charge is 0.138 e. The van der Waals surface area contributed by atoms with Gasteiger partial charge in [-0.3, -0.25) is 0 Å². The van der Waals surface area contributed by atoms with Crippen LogP contribution in [0.25, 0.3) is 5.57 Å². The van der Waals surface area contributed by atoms with E-state index in [4.69, 9.17) is 0 Å². The van der Waals surface area contributed by atoms with E-state index in [1.54, 1.807) is 0 Å². The Balaban J connectivity index is 2.62. The van der Waals surface area contributed by atoms with Crippen molar-refractivity contribution in [2.45, 2.75) is 33.3 Å². The summed E-state index contributed by atoms with van der Waals surface area (Å²) in [7, 11) is 4.38. The molecule has 1 atom stereocenters. The number of aliphatic hydroxyl groups is 1. The molecule has 0 aromatic heterocycles.